The summed E-state index contributed by atoms with van der Waals surface area (Å²) >= 11 is 0. The molecule has 2 saturated heterocycles. The first-order chi connectivity index (χ1) is 13.1. The highest BCUT2D eigenvalue weighted by Gasteiger charge is 2.21. The number of carbonyl (C=O) groups excluding carboxylic acids is 3. The number of nitrogens with one attached hydrogen (secondary N) is 2. The Kier molecular flexibility index (Phi) is 6.78. The van der Waals surface area contributed by atoms with Crippen molar-refractivity contribution in [1.29, 1.82) is 0 Å². The highest BCUT2D eigenvalue weighted by Crippen LogP contribution is 2.21. The molecule has 3 rings (SSSR count). The Morgan fingerprint density at radius 1 is 1.04 bits per heavy atom. The van der Waals surface area contributed by atoms with Crippen LogP contribution in [0.3, 0.4) is 0 Å². The highest BCUT2D eigenvalue weighted by atomic mass is 16.5. The largest absolute Gasteiger partial charge is 0.379 e. The Morgan fingerprint density at radius 3 is 2.44 bits per heavy atom. The van der Waals surface area contributed by atoms with E-state index in [1.54, 1.807) is 29.2 Å². The third-order valence-electron chi connectivity index (χ3n) is 4.78. The zero-order valence-corrected chi connectivity index (χ0v) is 15.4. The summed E-state index contributed by atoms with van der Waals surface area (Å²) in [6.07, 6.45) is 1.44. The van der Waals surface area contributed by atoms with E-state index in [1.807, 2.05) is 0 Å². The van der Waals surface area contributed by atoms with E-state index in [0.717, 1.165) is 51.5 Å². The Bertz CT molecular complexity index is 671. The molecule has 27 heavy (non-hydrogen) atoms. The molecule has 2 fully saturated rings. The van der Waals surface area contributed by atoms with Crippen LogP contribution < -0.4 is 15.5 Å². The van der Waals surface area contributed by atoms with Gasteiger partial charge in [0.15, 0.2) is 0 Å². The fourth-order valence-electron chi connectivity index (χ4n) is 3.22. The average Bonchev–Trinajstić information content (AvgIpc) is 3.13. The van der Waals surface area contributed by atoms with E-state index in [1.165, 1.54) is 0 Å². The average molecular weight is 374 g/mol. The van der Waals surface area contributed by atoms with Gasteiger partial charge in [-0.3, -0.25) is 19.3 Å². The van der Waals surface area contributed by atoms with Gasteiger partial charge in [-0.15, -0.1) is 0 Å². The first-order valence-corrected chi connectivity index (χ1v) is 9.39. The monoisotopic (exact) mass is 374 g/mol. The first kappa shape index (κ1) is 19.3. The molecular formula is C19H26N4O4. The summed E-state index contributed by atoms with van der Waals surface area (Å²) in [7, 11) is 0. The molecule has 0 bridgehead atoms. The van der Waals surface area contributed by atoms with Gasteiger partial charge in [0.1, 0.15) is 0 Å². The topological polar surface area (TPSA) is 91.0 Å². The van der Waals surface area contributed by atoms with Crippen LogP contribution in [-0.4, -0.2) is 75.1 Å². The number of benzene rings is 1. The van der Waals surface area contributed by atoms with Crippen LogP contribution in [0.2, 0.25) is 0 Å². The second-order valence-electron chi connectivity index (χ2n) is 6.68. The maximum Gasteiger partial charge on any atom is 0.251 e. The number of ether oxygens (including phenoxy) is 1. The number of anilines is 1. The molecule has 8 heteroatoms. The summed E-state index contributed by atoms with van der Waals surface area (Å²) in [5, 5.41) is 5.43. The van der Waals surface area contributed by atoms with Crippen LogP contribution in [0.4, 0.5) is 5.69 Å². The molecule has 2 heterocycles. The van der Waals surface area contributed by atoms with Gasteiger partial charge >= 0.3 is 0 Å². The van der Waals surface area contributed by atoms with E-state index in [2.05, 4.69) is 15.5 Å². The van der Waals surface area contributed by atoms with Crippen molar-refractivity contribution in [2.45, 2.75) is 12.8 Å². The third-order valence-corrected chi connectivity index (χ3v) is 4.78. The van der Waals surface area contributed by atoms with Crippen LogP contribution in [0.5, 0.6) is 0 Å². The van der Waals surface area contributed by atoms with Crippen molar-refractivity contribution >= 4 is 23.4 Å². The highest BCUT2D eigenvalue weighted by molar-refractivity contribution is 5.98. The Morgan fingerprint density at radius 2 is 1.78 bits per heavy atom. The van der Waals surface area contributed by atoms with Gasteiger partial charge in [0.05, 0.1) is 19.8 Å². The summed E-state index contributed by atoms with van der Waals surface area (Å²) in [5.41, 5.74) is 1.27. The zero-order chi connectivity index (χ0) is 19.1. The Labute approximate surface area is 158 Å². The van der Waals surface area contributed by atoms with Crippen molar-refractivity contribution in [3.63, 3.8) is 0 Å². The number of hydrogen-bond donors (Lipinski definition) is 2. The molecular weight excluding hydrogens is 348 g/mol. The zero-order valence-electron chi connectivity index (χ0n) is 15.4. The van der Waals surface area contributed by atoms with Gasteiger partial charge in [0.25, 0.3) is 5.91 Å². The minimum absolute atomic E-state index is 0.0612. The van der Waals surface area contributed by atoms with Gasteiger partial charge < -0.3 is 20.3 Å². The second kappa shape index (κ2) is 9.48. The van der Waals surface area contributed by atoms with Crippen LogP contribution in [-0.2, 0) is 14.3 Å². The predicted molar refractivity (Wildman–Crippen MR) is 101 cm³/mol. The molecule has 0 spiro atoms. The summed E-state index contributed by atoms with van der Waals surface area (Å²) in [6.45, 7) is 5.21. The van der Waals surface area contributed by atoms with Gasteiger partial charge in [-0.05, 0) is 30.7 Å². The van der Waals surface area contributed by atoms with Crippen molar-refractivity contribution in [3.8, 4) is 0 Å². The molecule has 2 aliphatic heterocycles. The van der Waals surface area contributed by atoms with Crippen molar-refractivity contribution in [1.82, 2.24) is 15.5 Å². The molecule has 2 aliphatic rings. The molecule has 146 valence electrons. The minimum Gasteiger partial charge on any atom is -0.379 e. The number of amides is 3. The smallest absolute Gasteiger partial charge is 0.251 e. The maximum absolute atomic E-state index is 12.2. The van der Waals surface area contributed by atoms with E-state index < -0.39 is 0 Å². The number of carbonyl (C=O) groups is 3. The lowest BCUT2D eigenvalue weighted by Gasteiger charge is -2.26. The maximum atomic E-state index is 12.2. The van der Waals surface area contributed by atoms with Crippen LogP contribution in [0, 0.1) is 0 Å². The van der Waals surface area contributed by atoms with Crippen LogP contribution in [0.1, 0.15) is 23.2 Å². The summed E-state index contributed by atoms with van der Waals surface area (Å²) in [4.78, 5) is 39.8. The summed E-state index contributed by atoms with van der Waals surface area (Å²) < 4.78 is 5.28. The normalized spacial score (nSPS) is 17.8. The van der Waals surface area contributed by atoms with Gasteiger partial charge in [-0.1, -0.05) is 0 Å². The lowest BCUT2D eigenvalue weighted by molar-refractivity contribution is -0.120. The number of rotatable bonds is 7. The van der Waals surface area contributed by atoms with Crippen molar-refractivity contribution in [2.24, 2.45) is 0 Å². The summed E-state index contributed by atoms with van der Waals surface area (Å²) in [6, 6.07) is 6.88. The van der Waals surface area contributed by atoms with E-state index >= 15 is 0 Å². The molecule has 8 nitrogen and oxygen atoms in total. The second-order valence-corrected chi connectivity index (χ2v) is 6.68. The fraction of sp³-hybridized carbons (Fsp3) is 0.526. The molecule has 0 radical (unpaired) electrons. The molecule has 2 N–H and O–H groups in total. The number of nitrogens with zero attached hydrogens (tertiary/aromatic N) is 2. The van der Waals surface area contributed by atoms with Gasteiger partial charge in [-0.25, -0.2) is 0 Å². The fourth-order valence-corrected chi connectivity index (χ4v) is 3.22. The molecule has 0 aliphatic carbocycles. The molecule has 1 aromatic carbocycles. The van der Waals surface area contributed by atoms with Crippen molar-refractivity contribution < 1.29 is 19.1 Å². The lowest BCUT2D eigenvalue weighted by Crippen LogP contribution is -2.43. The van der Waals surface area contributed by atoms with Crippen molar-refractivity contribution in [2.75, 3.05) is 57.4 Å². The predicted octanol–water partition coefficient (Wildman–Crippen LogP) is -0.00840. The Balaban J connectivity index is 1.38. The molecule has 0 aromatic heterocycles. The number of morpholine rings is 1. The van der Waals surface area contributed by atoms with E-state index in [4.69, 9.17) is 4.74 Å². The minimum atomic E-state index is -0.308. The standard InChI is InChI=1S/C19H26N4O4/c24-17(20-7-9-22-10-12-27-13-11-22)14-21-19(26)15-3-5-16(6-4-15)23-8-1-2-18(23)25/h3-6H,1-2,7-14H2,(H,20,24)(H,21,26). The van der Waals surface area contributed by atoms with E-state index in [9.17, 15) is 14.4 Å². The summed E-state index contributed by atoms with van der Waals surface area (Å²) in [5.74, 6) is -0.408. The molecule has 3 amide bonds. The van der Waals surface area contributed by atoms with E-state index in [0.29, 0.717) is 18.5 Å². The molecule has 0 saturated carbocycles. The van der Waals surface area contributed by atoms with Gasteiger partial charge in [0, 0.05) is 50.4 Å². The van der Waals surface area contributed by atoms with E-state index in [-0.39, 0.29) is 24.3 Å². The van der Waals surface area contributed by atoms with Gasteiger partial charge in [-0.2, -0.15) is 0 Å². The van der Waals surface area contributed by atoms with Crippen LogP contribution >= 0.6 is 0 Å². The quantitative estimate of drug-likeness (QED) is 0.701. The van der Waals surface area contributed by atoms with Crippen molar-refractivity contribution in [3.05, 3.63) is 29.8 Å². The Hall–Kier alpha value is -2.45. The SMILES string of the molecule is O=C(CNC(=O)c1ccc(N2CCCC2=O)cc1)NCCN1CCOCC1. The van der Waals surface area contributed by atoms with Gasteiger partial charge in [0.2, 0.25) is 11.8 Å². The lowest BCUT2D eigenvalue weighted by atomic mass is 10.2. The van der Waals surface area contributed by atoms with Crippen LogP contribution in [0.15, 0.2) is 24.3 Å². The molecule has 1 aromatic rings. The number of hydrogen-bond acceptors (Lipinski definition) is 5. The van der Waals surface area contributed by atoms with Crippen LogP contribution in [0.25, 0.3) is 0 Å². The first-order valence-electron chi connectivity index (χ1n) is 9.39. The molecule has 0 unspecified atom stereocenters. The molecule has 0 atom stereocenters. The third kappa shape index (κ3) is 5.51.